The molecule has 0 spiro atoms. The number of aliphatic imine (C=N–C) groups is 1. The molecule has 0 aromatic carbocycles. The third-order valence-corrected chi connectivity index (χ3v) is 14.3. The highest BCUT2D eigenvalue weighted by Gasteiger charge is 2.54. The van der Waals surface area contributed by atoms with Gasteiger partial charge in [0, 0.05) is 42.6 Å². The van der Waals surface area contributed by atoms with E-state index in [1.807, 2.05) is 0 Å². The Hall–Kier alpha value is -1.97. The van der Waals surface area contributed by atoms with Crippen LogP contribution in [0.4, 0.5) is 0 Å². The molecule has 234 valence electrons. The van der Waals surface area contributed by atoms with Crippen LogP contribution in [0.15, 0.2) is 77.0 Å². The van der Waals surface area contributed by atoms with Gasteiger partial charge in [0.1, 0.15) is 0 Å². The summed E-state index contributed by atoms with van der Waals surface area (Å²) >= 11 is 0. The fraction of sp³-hybridized carbons (Fsp3) is 0.683. The molecule has 9 aliphatic rings. The minimum absolute atomic E-state index is 0.613. The summed E-state index contributed by atoms with van der Waals surface area (Å²) in [6, 6.07) is 3.48. The molecule has 0 aromatic heterocycles. The first kappa shape index (κ1) is 28.3. The quantitative estimate of drug-likeness (QED) is 0.332. The summed E-state index contributed by atoms with van der Waals surface area (Å²) in [6.07, 6.45) is 47.5. The molecule has 3 heterocycles. The SMILES string of the molecule is C1=CCCC(C2=CC(N3C4CCCCC4[C@@H]4CC[C@H]([C@H]5C=CC6NC7C=CCC[C@H]7[C@H]6C5)CC43)C[C@H](C3C=CN=CC3)C2)=C1. The fourth-order valence-electron chi connectivity index (χ4n) is 12.3. The molecule has 4 fully saturated rings. The highest BCUT2D eigenvalue weighted by atomic mass is 15.3. The molecule has 2 saturated carbocycles. The molecule has 0 aromatic rings. The molecule has 9 rings (SSSR count). The molecule has 6 aliphatic carbocycles. The number of hydrogen-bond acceptors (Lipinski definition) is 3. The van der Waals surface area contributed by atoms with E-state index in [1.165, 1.54) is 89.9 Å². The van der Waals surface area contributed by atoms with Gasteiger partial charge in [0.2, 0.25) is 0 Å². The molecular formula is C41H55N3. The normalized spacial score (nSPS) is 47.9. The summed E-state index contributed by atoms with van der Waals surface area (Å²) in [5.41, 5.74) is 3.33. The lowest BCUT2D eigenvalue weighted by Gasteiger charge is -2.46. The zero-order chi connectivity index (χ0) is 29.0. The number of allylic oxidation sites excluding steroid dienone is 8. The molecule has 3 aliphatic heterocycles. The maximum atomic E-state index is 4.47. The van der Waals surface area contributed by atoms with Gasteiger partial charge < -0.3 is 5.32 Å². The van der Waals surface area contributed by atoms with Crippen LogP contribution >= 0.6 is 0 Å². The Morgan fingerprint density at radius 1 is 0.705 bits per heavy atom. The first-order valence-electron chi connectivity index (χ1n) is 18.9. The van der Waals surface area contributed by atoms with Crippen LogP contribution in [-0.2, 0) is 0 Å². The van der Waals surface area contributed by atoms with Crippen molar-refractivity contribution in [3.05, 3.63) is 72.0 Å². The monoisotopic (exact) mass is 589 g/mol. The standard InChI is InChI=1S/C41H55N3/c1-2-8-27(9-3-1)31-22-32(28-18-20-42-21-19-28)24-33(23-31)44-40-13-7-5-11-35(40)36-16-14-30(26-41(36)44)29-15-17-39-37(25-29)34-10-4-6-12-38(34)43-39/h1-2,6,8,12,15,17-18,20-21,23,28-30,32-41,43H,3-5,7,9-11,13-14,16,19,22,24-26H2/t28?,29-,30-,32+,33?,34-,35?,36-,37+,38?,39?,40?,41?/m0/s1. The lowest BCUT2D eigenvalue weighted by Crippen LogP contribution is -2.49. The topological polar surface area (TPSA) is 27.6 Å². The first-order valence-corrected chi connectivity index (χ1v) is 18.9. The van der Waals surface area contributed by atoms with E-state index in [2.05, 4.69) is 82.3 Å². The minimum Gasteiger partial charge on any atom is -0.304 e. The zero-order valence-corrected chi connectivity index (χ0v) is 26.9. The molecule has 44 heavy (non-hydrogen) atoms. The van der Waals surface area contributed by atoms with Crippen LogP contribution < -0.4 is 5.32 Å². The molecule has 3 heteroatoms. The van der Waals surface area contributed by atoms with Gasteiger partial charge in [-0.1, -0.05) is 67.5 Å². The molecule has 1 N–H and O–H groups in total. The van der Waals surface area contributed by atoms with E-state index in [0.29, 0.717) is 24.0 Å². The Balaban J connectivity index is 1.00. The maximum absolute atomic E-state index is 4.47. The highest BCUT2D eigenvalue weighted by molar-refractivity contribution is 5.60. The van der Waals surface area contributed by atoms with Crippen molar-refractivity contribution in [1.29, 1.82) is 0 Å². The third-order valence-electron chi connectivity index (χ3n) is 14.3. The van der Waals surface area contributed by atoms with E-state index in [1.54, 1.807) is 11.1 Å². The average Bonchev–Trinajstić information content (AvgIpc) is 3.64. The molecule has 7 unspecified atom stereocenters. The summed E-state index contributed by atoms with van der Waals surface area (Å²) in [6.45, 7) is 0. The van der Waals surface area contributed by atoms with Crippen molar-refractivity contribution in [2.45, 2.75) is 127 Å². The second-order valence-corrected chi connectivity index (χ2v) is 16.3. The lowest BCUT2D eigenvalue weighted by atomic mass is 9.65. The van der Waals surface area contributed by atoms with E-state index in [4.69, 9.17) is 0 Å². The molecule has 13 atom stereocenters. The second kappa shape index (κ2) is 12.0. The summed E-state index contributed by atoms with van der Waals surface area (Å²) in [4.78, 5) is 7.69. The highest BCUT2D eigenvalue weighted by Crippen LogP contribution is 2.55. The second-order valence-electron chi connectivity index (χ2n) is 16.3. The van der Waals surface area contributed by atoms with Crippen LogP contribution in [0.3, 0.4) is 0 Å². The smallest absolute Gasteiger partial charge is 0.0293 e. The van der Waals surface area contributed by atoms with E-state index in [0.717, 1.165) is 59.9 Å². The summed E-state index contributed by atoms with van der Waals surface area (Å²) in [7, 11) is 0. The van der Waals surface area contributed by atoms with Crippen LogP contribution in [0.25, 0.3) is 0 Å². The van der Waals surface area contributed by atoms with Crippen molar-refractivity contribution in [1.82, 2.24) is 10.2 Å². The molecule has 3 nitrogen and oxygen atoms in total. The van der Waals surface area contributed by atoms with Crippen molar-refractivity contribution >= 4 is 6.21 Å². The van der Waals surface area contributed by atoms with Gasteiger partial charge in [0.15, 0.2) is 0 Å². The minimum atomic E-state index is 0.613. The van der Waals surface area contributed by atoms with Crippen molar-refractivity contribution < 1.29 is 0 Å². The van der Waals surface area contributed by atoms with Crippen LogP contribution in [0, 0.1) is 47.3 Å². The van der Waals surface area contributed by atoms with Gasteiger partial charge in [0.25, 0.3) is 0 Å². The van der Waals surface area contributed by atoms with E-state index < -0.39 is 0 Å². The molecule has 0 radical (unpaired) electrons. The number of nitrogens with zero attached hydrogens (tertiary/aromatic N) is 2. The van der Waals surface area contributed by atoms with E-state index in [9.17, 15) is 0 Å². The Labute approximate surface area is 266 Å². The van der Waals surface area contributed by atoms with Gasteiger partial charge in [-0.05, 0) is 142 Å². The molecule has 0 amide bonds. The lowest BCUT2D eigenvalue weighted by molar-refractivity contribution is 0.0627. The summed E-state index contributed by atoms with van der Waals surface area (Å²) < 4.78 is 0. The molecular weight excluding hydrogens is 534 g/mol. The van der Waals surface area contributed by atoms with Gasteiger partial charge in [-0.2, -0.15) is 0 Å². The number of hydrogen-bond donors (Lipinski definition) is 1. The molecule has 0 bridgehead atoms. The van der Waals surface area contributed by atoms with Crippen molar-refractivity contribution in [3.8, 4) is 0 Å². The number of likely N-dealkylation sites (tertiary alicyclic amines) is 1. The van der Waals surface area contributed by atoms with Crippen LogP contribution in [-0.4, -0.2) is 41.3 Å². The van der Waals surface area contributed by atoms with Crippen molar-refractivity contribution in [3.63, 3.8) is 0 Å². The Morgan fingerprint density at radius 3 is 2.55 bits per heavy atom. The van der Waals surface area contributed by atoms with Gasteiger partial charge in [-0.15, -0.1) is 0 Å². The van der Waals surface area contributed by atoms with Gasteiger partial charge in [0.05, 0.1) is 0 Å². The Bertz CT molecular complexity index is 1300. The summed E-state index contributed by atoms with van der Waals surface area (Å²) in [5.74, 6) is 6.67. The largest absolute Gasteiger partial charge is 0.304 e. The predicted molar refractivity (Wildman–Crippen MR) is 182 cm³/mol. The molecule has 2 saturated heterocycles. The Kier molecular flexibility index (Phi) is 7.71. The number of nitrogens with one attached hydrogen (secondary N) is 1. The van der Waals surface area contributed by atoms with Gasteiger partial charge in [-0.25, -0.2) is 0 Å². The zero-order valence-electron chi connectivity index (χ0n) is 26.9. The third kappa shape index (κ3) is 5.04. The van der Waals surface area contributed by atoms with Crippen LogP contribution in [0.5, 0.6) is 0 Å². The van der Waals surface area contributed by atoms with Crippen LogP contribution in [0.1, 0.15) is 96.3 Å². The predicted octanol–water partition coefficient (Wildman–Crippen LogP) is 8.73. The fourth-order valence-corrected chi connectivity index (χ4v) is 12.3. The van der Waals surface area contributed by atoms with Gasteiger partial charge >= 0.3 is 0 Å². The van der Waals surface area contributed by atoms with E-state index in [-0.39, 0.29) is 0 Å². The average molecular weight is 590 g/mol. The first-order chi connectivity index (χ1) is 21.8. The van der Waals surface area contributed by atoms with Crippen molar-refractivity contribution in [2.24, 2.45) is 52.3 Å². The van der Waals surface area contributed by atoms with Crippen LogP contribution in [0.2, 0.25) is 0 Å². The van der Waals surface area contributed by atoms with Gasteiger partial charge in [-0.3, -0.25) is 9.89 Å². The van der Waals surface area contributed by atoms with E-state index >= 15 is 0 Å². The number of rotatable bonds is 4. The Morgan fingerprint density at radius 2 is 1.64 bits per heavy atom. The maximum Gasteiger partial charge on any atom is 0.0293 e. The number of fused-ring (bicyclic) bond motifs is 6. The van der Waals surface area contributed by atoms with Crippen molar-refractivity contribution in [2.75, 3.05) is 0 Å². The summed E-state index contributed by atoms with van der Waals surface area (Å²) in [5, 5.41) is 3.99.